The zero-order chi connectivity index (χ0) is 14.1. The second-order valence-corrected chi connectivity index (χ2v) is 4.98. The second-order valence-electron chi connectivity index (χ2n) is 4.13. The lowest BCUT2D eigenvalue weighted by Crippen LogP contribution is -1.90. The van der Waals surface area contributed by atoms with Gasteiger partial charge in [0, 0.05) is 16.3 Å². The lowest BCUT2D eigenvalue weighted by Gasteiger charge is -1.99. The van der Waals surface area contributed by atoms with Crippen molar-refractivity contribution in [3.8, 4) is 22.8 Å². The third kappa shape index (κ3) is 2.35. The van der Waals surface area contributed by atoms with Gasteiger partial charge < -0.3 is 10.3 Å². The Morgan fingerprint density at radius 1 is 1.00 bits per heavy atom. The first-order valence-electron chi connectivity index (χ1n) is 5.79. The van der Waals surface area contributed by atoms with Gasteiger partial charge in [-0.3, -0.25) is 0 Å². The number of halogens is 2. The Labute approximate surface area is 125 Å². The summed E-state index contributed by atoms with van der Waals surface area (Å²) < 4.78 is 5.24. The number of nitrogen functional groups attached to an aromatic ring is 1. The Morgan fingerprint density at radius 2 is 1.80 bits per heavy atom. The number of aromatic nitrogens is 2. The van der Waals surface area contributed by atoms with Crippen molar-refractivity contribution in [1.29, 1.82) is 0 Å². The van der Waals surface area contributed by atoms with Gasteiger partial charge in [-0.1, -0.05) is 40.5 Å². The summed E-state index contributed by atoms with van der Waals surface area (Å²) in [6, 6.07) is 12.4. The van der Waals surface area contributed by atoms with E-state index in [1.807, 2.05) is 18.2 Å². The van der Waals surface area contributed by atoms with E-state index in [0.29, 0.717) is 38.6 Å². The lowest BCUT2D eigenvalue weighted by molar-refractivity contribution is 0.432. The lowest BCUT2D eigenvalue weighted by atomic mass is 10.1. The van der Waals surface area contributed by atoms with Crippen LogP contribution in [0, 0.1) is 0 Å². The average molecular weight is 306 g/mol. The van der Waals surface area contributed by atoms with Crippen molar-refractivity contribution in [2.24, 2.45) is 0 Å². The van der Waals surface area contributed by atoms with E-state index in [-0.39, 0.29) is 0 Å². The molecule has 0 fully saturated rings. The normalized spacial score (nSPS) is 10.7. The van der Waals surface area contributed by atoms with Gasteiger partial charge in [0.1, 0.15) is 0 Å². The molecule has 2 aromatic carbocycles. The summed E-state index contributed by atoms with van der Waals surface area (Å²) in [4.78, 5) is 4.32. The van der Waals surface area contributed by atoms with Crippen LogP contribution in [0.1, 0.15) is 0 Å². The zero-order valence-electron chi connectivity index (χ0n) is 10.2. The van der Waals surface area contributed by atoms with Crippen LogP contribution in [0.3, 0.4) is 0 Å². The average Bonchev–Trinajstić information content (AvgIpc) is 2.88. The Kier molecular flexibility index (Phi) is 3.34. The van der Waals surface area contributed by atoms with Gasteiger partial charge in [-0.25, -0.2) is 0 Å². The Bertz CT molecular complexity index is 771. The molecule has 0 amide bonds. The number of anilines is 1. The molecule has 0 atom stereocenters. The number of hydrogen-bond donors (Lipinski definition) is 1. The Balaban J connectivity index is 2.04. The Hall–Kier alpha value is -2.04. The predicted octanol–water partition coefficient (Wildman–Crippen LogP) is 4.29. The van der Waals surface area contributed by atoms with E-state index in [9.17, 15) is 0 Å². The van der Waals surface area contributed by atoms with Crippen LogP contribution in [0.2, 0.25) is 10.0 Å². The largest absolute Gasteiger partial charge is 0.398 e. The molecule has 3 rings (SSSR count). The summed E-state index contributed by atoms with van der Waals surface area (Å²) >= 11 is 12.0. The van der Waals surface area contributed by atoms with Gasteiger partial charge in [0.25, 0.3) is 5.89 Å². The molecule has 0 spiro atoms. The number of nitrogens with two attached hydrogens (primary N) is 1. The van der Waals surface area contributed by atoms with Gasteiger partial charge >= 0.3 is 0 Å². The highest BCUT2D eigenvalue weighted by atomic mass is 35.5. The first kappa shape index (κ1) is 13.0. The molecule has 0 saturated heterocycles. The van der Waals surface area contributed by atoms with Crippen molar-refractivity contribution in [1.82, 2.24) is 10.1 Å². The minimum absolute atomic E-state index is 0.324. The van der Waals surface area contributed by atoms with Gasteiger partial charge in [0.2, 0.25) is 5.82 Å². The first-order chi connectivity index (χ1) is 9.65. The molecule has 0 bridgehead atoms. The zero-order valence-corrected chi connectivity index (χ0v) is 11.7. The Morgan fingerprint density at radius 3 is 2.55 bits per heavy atom. The highest BCUT2D eigenvalue weighted by Gasteiger charge is 2.14. The molecule has 0 aliphatic carbocycles. The van der Waals surface area contributed by atoms with E-state index >= 15 is 0 Å². The fourth-order valence-corrected chi connectivity index (χ4v) is 2.30. The van der Waals surface area contributed by atoms with Gasteiger partial charge in [0.05, 0.1) is 10.6 Å². The molecule has 0 unspecified atom stereocenters. The molecule has 3 aromatic rings. The molecule has 4 nitrogen and oxygen atoms in total. The molecule has 1 aromatic heterocycles. The molecule has 0 aliphatic heterocycles. The van der Waals surface area contributed by atoms with Crippen LogP contribution in [0.5, 0.6) is 0 Å². The number of nitrogens with zero attached hydrogens (tertiary/aromatic N) is 2. The van der Waals surface area contributed by atoms with Crippen LogP contribution >= 0.6 is 23.2 Å². The number of rotatable bonds is 2. The summed E-state index contributed by atoms with van der Waals surface area (Å²) in [5, 5.41) is 4.93. The van der Waals surface area contributed by atoms with Crippen LogP contribution in [0.25, 0.3) is 22.8 Å². The van der Waals surface area contributed by atoms with Crippen LogP contribution < -0.4 is 5.73 Å². The molecular weight excluding hydrogens is 297 g/mol. The molecule has 6 heteroatoms. The van der Waals surface area contributed by atoms with Gasteiger partial charge in [-0.05, 0) is 30.3 Å². The van der Waals surface area contributed by atoms with Crippen molar-refractivity contribution in [2.45, 2.75) is 0 Å². The van der Waals surface area contributed by atoms with E-state index in [1.54, 1.807) is 24.3 Å². The summed E-state index contributed by atoms with van der Waals surface area (Å²) in [5.41, 5.74) is 7.81. The molecule has 0 radical (unpaired) electrons. The topological polar surface area (TPSA) is 64.9 Å². The maximum atomic E-state index is 6.11. The van der Waals surface area contributed by atoms with Crippen molar-refractivity contribution in [3.63, 3.8) is 0 Å². The van der Waals surface area contributed by atoms with Gasteiger partial charge in [0.15, 0.2) is 0 Å². The van der Waals surface area contributed by atoms with Crippen LogP contribution in [0.15, 0.2) is 47.0 Å². The molecule has 2 N–H and O–H groups in total. The van der Waals surface area contributed by atoms with E-state index in [4.69, 9.17) is 33.5 Å². The van der Waals surface area contributed by atoms with E-state index in [2.05, 4.69) is 10.1 Å². The number of benzene rings is 2. The third-order valence-corrected chi connectivity index (χ3v) is 3.34. The van der Waals surface area contributed by atoms with Crippen molar-refractivity contribution >= 4 is 28.9 Å². The van der Waals surface area contributed by atoms with Crippen molar-refractivity contribution in [2.75, 3.05) is 5.73 Å². The fourth-order valence-electron chi connectivity index (χ4n) is 1.81. The maximum Gasteiger partial charge on any atom is 0.259 e. The quantitative estimate of drug-likeness (QED) is 0.717. The maximum absolute atomic E-state index is 6.11. The SMILES string of the molecule is Nc1ccccc1-c1noc(-c2ccc(Cl)cc2Cl)n1. The summed E-state index contributed by atoms with van der Waals surface area (Å²) in [7, 11) is 0. The van der Waals surface area contributed by atoms with Gasteiger partial charge in [-0.15, -0.1) is 0 Å². The van der Waals surface area contributed by atoms with E-state index < -0.39 is 0 Å². The summed E-state index contributed by atoms with van der Waals surface area (Å²) in [6.45, 7) is 0. The highest BCUT2D eigenvalue weighted by molar-refractivity contribution is 6.36. The number of para-hydroxylation sites is 1. The first-order valence-corrected chi connectivity index (χ1v) is 6.55. The van der Waals surface area contributed by atoms with Crippen LogP contribution in [-0.4, -0.2) is 10.1 Å². The minimum Gasteiger partial charge on any atom is -0.398 e. The van der Waals surface area contributed by atoms with Crippen LogP contribution in [0.4, 0.5) is 5.69 Å². The summed E-state index contributed by atoms with van der Waals surface area (Å²) in [6.07, 6.45) is 0. The molecule has 0 saturated carbocycles. The molecular formula is C14H9Cl2N3O. The molecule has 20 heavy (non-hydrogen) atoms. The van der Waals surface area contributed by atoms with E-state index in [1.165, 1.54) is 0 Å². The second kappa shape index (κ2) is 5.15. The summed E-state index contributed by atoms with van der Waals surface area (Å²) in [5.74, 6) is 0.744. The predicted molar refractivity (Wildman–Crippen MR) is 79.6 cm³/mol. The van der Waals surface area contributed by atoms with Crippen molar-refractivity contribution in [3.05, 3.63) is 52.5 Å². The highest BCUT2D eigenvalue weighted by Crippen LogP contribution is 2.31. The minimum atomic E-state index is 0.324. The van der Waals surface area contributed by atoms with Crippen LogP contribution in [-0.2, 0) is 0 Å². The smallest absolute Gasteiger partial charge is 0.259 e. The third-order valence-electron chi connectivity index (χ3n) is 2.79. The number of hydrogen-bond acceptors (Lipinski definition) is 4. The van der Waals surface area contributed by atoms with Gasteiger partial charge in [-0.2, -0.15) is 4.98 Å². The molecule has 0 aliphatic rings. The standard InChI is InChI=1S/C14H9Cl2N3O/c15-8-5-6-9(11(16)7-8)14-18-13(19-20-14)10-3-1-2-4-12(10)17/h1-7H,17H2. The molecule has 100 valence electrons. The molecule has 1 heterocycles. The monoisotopic (exact) mass is 305 g/mol. The van der Waals surface area contributed by atoms with E-state index in [0.717, 1.165) is 0 Å². The van der Waals surface area contributed by atoms with Crippen molar-refractivity contribution < 1.29 is 4.52 Å². The fraction of sp³-hybridized carbons (Fsp3) is 0.